The molecule has 6 nitrogen and oxygen atoms in total. The molecular weight excluding hydrogens is 391 g/mol. The number of aliphatic carboxylic acids is 1. The molecule has 0 aromatic heterocycles. The normalized spacial score (nSPS) is 12.0. The summed E-state index contributed by atoms with van der Waals surface area (Å²) in [7, 11) is 0. The van der Waals surface area contributed by atoms with Crippen molar-refractivity contribution in [2.45, 2.75) is 13.0 Å². The number of benzene rings is 2. The molecule has 27 heavy (non-hydrogen) atoms. The lowest BCUT2D eigenvalue weighted by atomic mass is 10.1. The maximum absolute atomic E-state index is 12.3. The molecule has 2 rings (SSSR count). The van der Waals surface area contributed by atoms with Crippen molar-refractivity contribution in [2.75, 3.05) is 5.32 Å². The molecule has 0 heterocycles. The third-order valence-corrected chi connectivity index (χ3v) is 4.13. The van der Waals surface area contributed by atoms with Crippen LogP contribution in [0.25, 0.3) is 6.08 Å². The first-order valence-corrected chi connectivity index (χ1v) is 8.43. The number of nitrogens with zero attached hydrogens (tertiary/aromatic N) is 1. The van der Waals surface area contributed by atoms with Gasteiger partial charge in [-0.3, -0.25) is 4.79 Å². The van der Waals surface area contributed by atoms with Gasteiger partial charge in [-0.25, -0.2) is 4.79 Å². The van der Waals surface area contributed by atoms with Gasteiger partial charge in [0, 0.05) is 5.69 Å². The molecule has 1 atom stereocenters. The van der Waals surface area contributed by atoms with E-state index in [0.717, 1.165) is 0 Å². The fourth-order valence-electron chi connectivity index (χ4n) is 1.98. The number of carbonyl (C=O) groups is 2. The summed E-state index contributed by atoms with van der Waals surface area (Å²) in [5.41, 5.74) is 0.863. The van der Waals surface area contributed by atoms with Gasteiger partial charge in [0.1, 0.15) is 17.4 Å². The highest BCUT2D eigenvalue weighted by Crippen LogP contribution is 2.25. The number of carboxylic acids is 1. The lowest BCUT2D eigenvalue weighted by Gasteiger charge is -2.10. The van der Waals surface area contributed by atoms with Gasteiger partial charge in [-0.2, -0.15) is 5.26 Å². The summed E-state index contributed by atoms with van der Waals surface area (Å²) in [5, 5.41) is 21.3. The first kappa shape index (κ1) is 20.3. The number of carboxylic acid groups (broad SMARTS) is 1. The predicted octanol–water partition coefficient (Wildman–Crippen LogP) is 4.39. The molecule has 0 aliphatic rings. The first-order chi connectivity index (χ1) is 12.8. The third-order valence-electron chi connectivity index (χ3n) is 3.39. The fourth-order valence-corrected chi connectivity index (χ4v) is 2.28. The summed E-state index contributed by atoms with van der Waals surface area (Å²) < 4.78 is 5.22. The lowest BCUT2D eigenvalue weighted by Crippen LogP contribution is -2.22. The summed E-state index contributed by atoms with van der Waals surface area (Å²) in [6.07, 6.45) is 0.412. The van der Waals surface area contributed by atoms with Crippen LogP contribution < -0.4 is 10.1 Å². The zero-order valence-electron chi connectivity index (χ0n) is 14.1. The summed E-state index contributed by atoms with van der Waals surface area (Å²) in [5.74, 6) is -1.32. The number of hydrogen-bond donors (Lipinski definition) is 2. The van der Waals surface area contributed by atoms with E-state index in [1.807, 2.05) is 6.07 Å². The molecule has 0 spiro atoms. The molecule has 0 bridgehead atoms. The average Bonchev–Trinajstić information content (AvgIpc) is 2.63. The topological polar surface area (TPSA) is 99.4 Å². The molecule has 0 unspecified atom stereocenters. The number of amides is 1. The van der Waals surface area contributed by atoms with Crippen molar-refractivity contribution in [2.24, 2.45) is 0 Å². The van der Waals surface area contributed by atoms with Crippen molar-refractivity contribution in [3.05, 3.63) is 63.6 Å². The largest absolute Gasteiger partial charge is 0.479 e. The van der Waals surface area contributed by atoms with Crippen LogP contribution in [0, 0.1) is 11.3 Å². The molecule has 2 aromatic carbocycles. The van der Waals surface area contributed by atoms with E-state index < -0.39 is 18.0 Å². The highest BCUT2D eigenvalue weighted by Gasteiger charge is 2.13. The molecule has 0 radical (unpaired) electrons. The summed E-state index contributed by atoms with van der Waals surface area (Å²) in [6, 6.07) is 12.7. The molecule has 0 fully saturated rings. The first-order valence-electron chi connectivity index (χ1n) is 7.68. The highest BCUT2D eigenvalue weighted by atomic mass is 35.5. The van der Waals surface area contributed by atoms with Gasteiger partial charge in [-0.15, -0.1) is 0 Å². The van der Waals surface area contributed by atoms with Crippen LogP contribution in [0.4, 0.5) is 5.69 Å². The van der Waals surface area contributed by atoms with Gasteiger partial charge >= 0.3 is 5.97 Å². The summed E-state index contributed by atoms with van der Waals surface area (Å²) >= 11 is 11.7. The Hall–Kier alpha value is -3.01. The van der Waals surface area contributed by atoms with E-state index in [4.69, 9.17) is 33.0 Å². The highest BCUT2D eigenvalue weighted by molar-refractivity contribution is 6.42. The van der Waals surface area contributed by atoms with Gasteiger partial charge in [0.15, 0.2) is 6.10 Å². The lowest BCUT2D eigenvalue weighted by molar-refractivity contribution is -0.144. The number of carbonyl (C=O) groups excluding carboxylic acids is 1. The number of hydrogen-bond acceptors (Lipinski definition) is 4. The van der Waals surface area contributed by atoms with Crippen LogP contribution >= 0.6 is 23.2 Å². The number of rotatable bonds is 6. The zero-order valence-corrected chi connectivity index (χ0v) is 15.6. The monoisotopic (exact) mass is 404 g/mol. The van der Waals surface area contributed by atoms with Crippen molar-refractivity contribution >= 4 is 46.8 Å². The molecule has 8 heteroatoms. The number of ether oxygens (including phenoxy) is 1. The second kappa shape index (κ2) is 9.08. The van der Waals surface area contributed by atoms with Crippen molar-refractivity contribution in [1.29, 1.82) is 5.26 Å². The van der Waals surface area contributed by atoms with Gasteiger partial charge < -0.3 is 15.2 Å². The molecular formula is C19H14Cl2N2O4. The van der Waals surface area contributed by atoms with Crippen LogP contribution in [0.5, 0.6) is 5.75 Å². The van der Waals surface area contributed by atoms with Crippen LogP contribution in [0.3, 0.4) is 0 Å². The van der Waals surface area contributed by atoms with Crippen LogP contribution in [0.15, 0.2) is 48.0 Å². The Kier molecular flexibility index (Phi) is 6.83. The summed E-state index contributed by atoms with van der Waals surface area (Å²) in [6.45, 7) is 1.41. The van der Waals surface area contributed by atoms with Gasteiger partial charge in [-0.05, 0) is 48.9 Å². The Morgan fingerprint density at radius 3 is 2.41 bits per heavy atom. The zero-order chi connectivity index (χ0) is 20.0. The molecule has 1 amide bonds. The van der Waals surface area contributed by atoms with E-state index in [1.54, 1.807) is 30.3 Å². The Bertz CT molecular complexity index is 934. The van der Waals surface area contributed by atoms with Gasteiger partial charge in [0.05, 0.1) is 10.0 Å². The second-order valence-corrected chi connectivity index (χ2v) is 6.23. The minimum absolute atomic E-state index is 0.117. The van der Waals surface area contributed by atoms with Crippen molar-refractivity contribution in [1.82, 2.24) is 0 Å². The Balaban J connectivity index is 2.12. The number of anilines is 1. The smallest absolute Gasteiger partial charge is 0.344 e. The minimum Gasteiger partial charge on any atom is -0.479 e. The quantitative estimate of drug-likeness (QED) is 0.549. The molecule has 2 aromatic rings. The second-order valence-electron chi connectivity index (χ2n) is 5.42. The van der Waals surface area contributed by atoms with Crippen LogP contribution in [0.1, 0.15) is 12.5 Å². The van der Waals surface area contributed by atoms with E-state index in [2.05, 4.69) is 5.32 Å². The van der Waals surface area contributed by atoms with E-state index in [0.29, 0.717) is 22.0 Å². The van der Waals surface area contributed by atoms with Crippen molar-refractivity contribution < 1.29 is 19.4 Å². The Morgan fingerprint density at radius 1 is 1.19 bits per heavy atom. The molecule has 2 N–H and O–H groups in total. The van der Waals surface area contributed by atoms with Gasteiger partial charge in [0.2, 0.25) is 0 Å². The van der Waals surface area contributed by atoms with E-state index >= 15 is 0 Å². The van der Waals surface area contributed by atoms with Crippen LogP contribution in [0.2, 0.25) is 10.0 Å². The SMILES string of the molecule is C[C@@H](Oc1ccc(/C=C(/C#N)C(=O)Nc2ccc(Cl)c(Cl)c2)cc1)C(=O)O. The molecule has 0 aliphatic heterocycles. The van der Waals surface area contributed by atoms with E-state index in [1.165, 1.54) is 25.1 Å². The van der Waals surface area contributed by atoms with Crippen molar-refractivity contribution in [3.63, 3.8) is 0 Å². The molecule has 0 saturated carbocycles. The molecule has 0 saturated heterocycles. The van der Waals surface area contributed by atoms with Crippen molar-refractivity contribution in [3.8, 4) is 11.8 Å². The summed E-state index contributed by atoms with van der Waals surface area (Å²) in [4.78, 5) is 23.1. The number of halogens is 2. The number of nitrogens with one attached hydrogen (secondary N) is 1. The third kappa shape index (κ3) is 5.74. The molecule has 0 aliphatic carbocycles. The van der Waals surface area contributed by atoms with Gasteiger partial charge in [0.25, 0.3) is 5.91 Å². The van der Waals surface area contributed by atoms with E-state index in [-0.39, 0.29) is 10.6 Å². The standard InChI is InChI=1S/C19H14Cl2N2O4/c1-11(19(25)26)27-15-5-2-12(3-6-15)8-13(10-22)18(24)23-14-4-7-16(20)17(21)9-14/h2-9,11H,1H3,(H,23,24)(H,25,26)/b13-8-/t11-/m1/s1. The fraction of sp³-hybridized carbons (Fsp3) is 0.105. The van der Waals surface area contributed by atoms with E-state index in [9.17, 15) is 14.9 Å². The molecule has 138 valence electrons. The van der Waals surface area contributed by atoms with Crippen LogP contribution in [-0.4, -0.2) is 23.1 Å². The van der Waals surface area contributed by atoms with Gasteiger partial charge in [-0.1, -0.05) is 35.3 Å². The van der Waals surface area contributed by atoms with Crippen LogP contribution in [-0.2, 0) is 9.59 Å². The Morgan fingerprint density at radius 2 is 1.85 bits per heavy atom. The predicted molar refractivity (Wildman–Crippen MR) is 103 cm³/mol. The number of nitriles is 1. The maximum Gasteiger partial charge on any atom is 0.344 e. The minimum atomic E-state index is -1.08. The Labute approximate surface area is 165 Å². The average molecular weight is 405 g/mol. The maximum atomic E-state index is 12.3.